The van der Waals surface area contributed by atoms with Gasteiger partial charge in [-0.15, -0.1) is 0 Å². The Balaban J connectivity index is 1.43. The first kappa shape index (κ1) is 19.5. The fraction of sp³-hybridized carbons (Fsp3) is 0.259. The molecular weight excluding hydrogens is 430 g/mol. The van der Waals surface area contributed by atoms with Crippen molar-refractivity contribution in [3.63, 3.8) is 0 Å². The summed E-state index contributed by atoms with van der Waals surface area (Å²) in [7, 11) is 0. The van der Waals surface area contributed by atoms with Crippen molar-refractivity contribution in [1.82, 2.24) is 5.16 Å². The molecule has 3 aliphatic rings. The minimum Gasteiger partial charge on any atom is -0.454 e. The lowest BCUT2D eigenvalue weighted by Gasteiger charge is -2.33. The standard InChI is InChI=1S/C27H23N3O4/c1-15-8-10-30(11-9-15)20-13-19(28-16-6-7-21-22(12-16)33-14-32-21)23-24-25(20)29-34-27(24)18-5-3-2-4-17(18)26(23)31/h2-7,12-13,15,28H,8-11,14H2,1H3. The second kappa shape index (κ2) is 7.25. The van der Waals surface area contributed by atoms with Crippen LogP contribution in [0, 0.1) is 5.92 Å². The quantitative estimate of drug-likeness (QED) is 0.373. The number of nitrogens with one attached hydrogen (secondary N) is 1. The third kappa shape index (κ3) is 2.83. The molecule has 0 atom stereocenters. The Kier molecular flexibility index (Phi) is 4.15. The van der Waals surface area contributed by atoms with Crippen molar-refractivity contribution in [3.8, 4) is 22.8 Å². The van der Waals surface area contributed by atoms with Gasteiger partial charge in [-0.05, 0) is 37.0 Å². The first-order valence-electron chi connectivity index (χ1n) is 11.7. The molecule has 0 amide bonds. The molecule has 1 N–H and O–H groups in total. The fourth-order valence-corrected chi connectivity index (χ4v) is 5.26. The first-order valence-corrected chi connectivity index (χ1v) is 11.7. The Bertz CT molecular complexity index is 1470. The normalized spacial score (nSPS) is 16.7. The van der Waals surface area contributed by atoms with Gasteiger partial charge >= 0.3 is 0 Å². The third-order valence-electron chi connectivity index (χ3n) is 7.15. The van der Waals surface area contributed by atoms with Crippen LogP contribution in [0.3, 0.4) is 0 Å². The van der Waals surface area contributed by atoms with Crippen molar-refractivity contribution in [3.05, 3.63) is 59.7 Å². The highest BCUT2D eigenvalue weighted by Crippen LogP contribution is 2.47. The van der Waals surface area contributed by atoms with Crippen LogP contribution in [0.2, 0.25) is 0 Å². The fourth-order valence-electron chi connectivity index (χ4n) is 5.26. The molecule has 170 valence electrons. The minimum atomic E-state index is -0.0293. The zero-order valence-electron chi connectivity index (χ0n) is 18.8. The average molecular weight is 453 g/mol. The molecule has 3 heterocycles. The molecule has 0 unspecified atom stereocenters. The predicted molar refractivity (Wildman–Crippen MR) is 129 cm³/mol. The van der Waals surface area contributed by atoms with Gasteiger partial charge in [0.25, 0.3) is 0 Å². The largest absolute Gasteiger partial charge is 0.454 e. The molecule has 1 fully saturated rings. The van der Waals surface area contributed by atoms with E-state index in [9.17, 15) is 4.79 Å². The molecular formula is C27H23N3O4. The maximum atomic E-state index is 13.8. The molecule has 2 aliphatic heterocycles. The van der Waals surface area contributed by atoms with Gasteiger partial charge in [0.15, 0.2) is 23.0 Å². The Morgan fingerprint density at radius 2 is 1.79 bits per heavy atom. The number of hydrogen-bond donors (Lipinski definition) is 1. The van der Waals surface area contributed by atoms with Gasteiger partial charge in [-0.1, -0.05) is 36.3 Å². The van der Waals surface area contributed by atoms with Crippen molar-refractivity contribution in [2.45, 2.75) is 19.8 Å². The summed E-state index contributed by atoms with van der Waals surface area (Å²) in [5.41, 5.74) is 5.32. The van der Waals surface area contributed by atoms with Crippen molar-refractivity contribution in [2.75, 3.05) is 30.1 Å². The van der Waals surface area contributed by atoms with E-state index in [0.29, 0.717) is 28.6 Å². The number of nitrogens with zero attached hydrogens (tertiary/aromatic N) is 2. The summed E-state index contributed by atoms with van der Waals surface area (Å²) in [4.78, 5) is 16.1. The van der Waals surface area contributed by atoms with Gasteiger partial charge in [-0.2, -0.15) is 0 Å². The number of rotatable bonds is 3. The monoisotopic (exact) mass is 453 g/mol. The molecule has 7 rings (SSSR count). The SMILES string of the molecule is CC1CCN(c2cc(Nc3ccc4c(c3)OCO4)c3c4c(onc24)-c2ccccc2C3=O)CC1. The Hall–Kier alpha value is -4.00. The maximum Gasteiger partial charge on any atom is 0.231 e. The van der Waals surface area contributed by atoms with E-state index in [0.717, 1.165) is 65.2 Å². The molecule has 1 aliphatic carbocycles. The molecule has 1 aromatic heterocycles. The zero-order chi connectivity index (χ0) is 22.8. The van der Waals surface area contributed by atoms with Crippen LogP contribution in [-0.4, -0.2) is 30.8 Å². The Labute approximate surface area is 196 Å². The summed E-state index contributed by atoms with van der Waals surface area (Å²) < 4.78 is 16.9. The molecule has 4 aromatic rings. The van der Waals surface area contributed by atoms with Crippen LogP contribution in [0.4, 0.5) is 17.1 Å². The second-order valence-corrected chi connectivity index (χ2v) is 9.29. The smallest absolute Gasteiger partial charge is 0.231 e. The first-order chi connectivity index (χ1) is 16.7. The van der Waals surface area contributed by atoms with E-state index in [4.69, 9.17) is 14.0 Å². The summed E-state index contributed by atoms with van der Waals surface area (Å²) in [5.74, 6) is 2.74. The van der Waals surface area contributed by atoms with Crippen molar-refractivity contribution in [2.24, 2.45) is 5.92 Å². The lowest BCUT2D eigenvalue weighted by molar-refractivity contribution is 0.104. The number of hydrogen-bond acceptors (Lipinski definition) is 7. The van der Waals surface area contributed by atoms with Gasteiger partial charge in [-0.3, -0.25) is 4.79 Å². The molecule has 1 saturated heterocycles. The highest BCUT2D eigenvalue weighted by atomic mass is 16.7. The predicted octanol–water partition coefficient (Wildman–Crippen LogP) is 5.75. The molecule has 7 nitrogen and oxygen atoms in total. The van der Waals surface area contributed by atoms with E-state index in [1.807, 2.05) is 42.5 Å². The highest BCUT2D eigenvalue weighted by molar-refractivity contribution is 6.28. The Morgan fingerprint density at radius 3 is 2.65 bits per heavy atom. The molecule has 0 bridgehead atoms. The molecule has 34 heavy (non-hydrogen) atoms. The summed E-state index contributed by atoms with van der Waals surface area (Å²) in [6.07, 6.45) is 2.25. The topological polar surface area (TPSA) is 76.8 Å². The van der Waals surface area contributed by atoms with Crippen LogP contribution in [0.15, 0.2) is 53.1 Å². The number of carbonyl (C=O) groups excluding carboxylic acids is 1. The lowest BCUT2D eigenvalue weighted by atomic mass is 9.86. The lowest BCUT2D eigenvalue weighted by Crippen LogP contribution is -2.33. The average Bonchev–Trinajstić information content (AvgIpc) is 3.51. The highest BCUT2D eigenvalue weighted by Gasteiger charge is 2.34. The van der Waals surface area contributed by atoms with Gasteiger partial charge < -0.3 is 24.2 Å². The van der Waals surface area contributed by atoms with Crippen LogP contribution in [-0.2, 0) is 0 Å². The zero-order valence-corrected chi connectivity index (χ0v) is 18.8. The summed E-state index contributed by atoms with van der Waals surface area (Å²) in [6, 6.07) is 15.3. The summed E-state index contributed by atoms with van der Waals surface area (Å²) in [5, 5.41) is 8.75. The van der Waals surface area contributed by atoms with Crippen LogP contribution >= 0.6 is 0 Å². The van der Waals surface area contributed by atoms with Crippen molar-refractivity contribution in [1.29, 1.82) is 0 Å². The van der Waals surface area contributed by atoms with Gasteiger partial charge in [0.2, 0.25) is 6.79 Å². The van der Waals surface area contributed by atoms with E-state index in [1.165, 1.54) is 0 Å². The van der Waals surface area contributed by atoms with E-state index in [-0.39, 0.29) is 12.6 Å². The number of ether oxygens (including phenoxy) is 2. The Morgan fingerprint density at radius 1 is 1.00 bits per heavy atom. The number of anilines is 3. The van der Waals surface area contributed by atoms with Gasteiger partial charge in [0.1, 0.15) is 5.52 Å². The number of piperidine rings is 1. The van der Waals surface area contributed by atoms with E-state index in [2.05, 4.69) is 28.4 Å². The van der Waals surface area contributed by atoms with Gasteiger partial charge in [0.05, 0.1) is 22.3 Å². The van der Waals surface area contributed by atoms with Gasteiger partial charge in [-0.25, -0.2) is 0 Å². The molecule has 3 aromatic carbocycles. The molecule has 7 heteroatoms. The number of fused-ring (bicyclic) bond motifs is 3. The van der Waals surface area contributed by atoms with Gasteiger partial charge in [0, 0.05) is 36.0 Å². The van der Waals surface area contributed by atoms with Crippen LogP contribution in [0.25, 0.3) is 22.2 Å². The second-order valence-electron chi connectivity index (χ2n) is 9.29. The maximum absolute atomic E-state index is 13.8. The van der Waals surface area contributed by atoms with Crippen LogP contribution in [0.1, 0.15) is 35.7 Å². The summed E-state index contributed by atoms with van der Waals surface area (Å²) >= 11 is 0. The number of benzene rings is 3. The number of aromatic nitrogens is 1. The van der Waals surface area contributed by atoms with E-state index in [1.54, 1.807) is 0 Å². The van der Waals surface area contributed by atoms with Crippen LogP contribution in [0.5, 0.6) is 11.5 Å². The van der Waals surface area contributed by atoms with Crippen molar-refractivity contribution >= 4 is 33.7 Å². The summed E-state index contributed by atoms with van der Waals surface area (Å²) in [6.45, 7) is 4.41. The minimum absolute atomic E-state index is 0.0293. The molecule has 0 spiro atoms. The van der Waals surface area contributed by atoms with E-state index >= 15 is 0 Å². The molecule has 0 saturated carbocycles. The van der Waals surface area contributed by atoms with Crippen LogP contribution < -0.4 is 19.7 Å². The number of ketones is 1. The third-order valence-corrected chi connectivity index (χ3v) is 7.15. The number of carbonyl (C=O) groups is 1. The molecule has 0 radical (unpaired) electrons. The van der Waals surface area contributed by atoms with E-state index < -0.39 is 0 Å². The van der Waals surface area contributed by atoms with Crippen molar-refractivity contribution < 1.29 is 18.8 Å².